The van der Waals surface area contributed by atoms with Gasteiger partial charge in [0.2, 0.25) is 5.95 Å². The van der Waals surface area contributed by atoms with Gasteiger partial charge in [0.1, 0.15) is 16.6 Å². The molecule has 0 radical (unpaired) electrons. The number of fused-ring (bicyclic) bond motifs is 2. The van der Waals surface area contributed by atoms with E-state index in [2.05, 4.69) is 51.2 Å². The van der Waals surface area contributed by atoms with Crippen molar-refractivity contribution in [3.63, 3.8) is 0 Å². The first-order valence-corrected chi connectivity index (χ1v) is 13.6. The van der Waals surface area contributed by atoms with Crippen LogP contribution in [0.25, 0.3) is 21.5 Å². The van der Waals surface area contributed by atoms with Gasteiger partial charge in [-0.1, -0.05) is 12.1 Å². The van der Waals surface area contributed by atoms with Crippen LogP contribution in [0.4, 0.5) is 11.8 Å². The van der Waals surface area contributed by atoms with Gasteiger partial charge in [0.05, 0.1) is 17.8 Å². The molecule has 2 aliphatic rings. The second-order valence-electron chi connectivity index (χ2n) is 9.92. The van der Waals surface area contributed by atoms with Crippen molar-refractivity contribution in [3.05, 3.63) is 59.1 Å². The number of thiazole rings is 1. The Bertz CT molecular complexity index is 1360. The zero-order chi connectivity index (χ0) is 24.5. The molecule has 7 nitrogen and oxygen atoms in total. The Balaban J connectivity index is 1.02. The summed E-state index contributed by atoms with van der Waals surface area (Å²) < 4.78 is 5.63. The quantitative estimate of drug-likeness (QED) is 0.358. The number of nitrogens with one attached hydrogen (secondary N) is 2. The molecule has 0 amide bonds. The zero-order valence-corrected chi connectivity index (χ0v) is 21.6. The fourth-order valence-electron chi connectivity index (χ4n) is 5.18. The molecule has 3 heterocycles. The van der Waals surface area contributed by atoms with E-state index in [0.29, 0.717) is 12.1 Å². The summed E-state index contributed by atoms with van der Waals surface area (Å²) in [5.41, 5.74) is 4.58. The predicted octanol–water partition coefficient (Wildman–Crippen LogP) is 5.27. The summed E-state index contributed by atoms with van der Waals surface area (Å²) in [4.78, 5) is 16.5. The van der Waals surface area contributed by atoms with Gasteiger partial charge in [-0.05, 0) is 61.6 Å². The lowest BCUT2D eigenvalue weighted by atomic mass is 9.91. The van der Waals surface area contributed by atoms with Gasteiger partial charge >= 0.3 is 0 Å². The van der Waals surface area contributed by atoms with Gasteiger partial charge in [0, 0.05) is 55.5 Å². The molecule has 36 heavy (non-hydrogen) atoms. The van der Waals surface area contributed by atoms with Gasteiger partial charge in [-0.15, -0.1) is 11.3 Å². The number of benzene rings is 2. The van der Waals surface area contributed by atoms with E-state index in [9.17, 15) is 0 Å². The lowest BCUT2D eigenvalue weighted by Gasteiger charge is -2.30. The highest BCUT2D eigenvalue weighted by molar-refractivity contribution is 7.13. The van der Waals surface area contributed by atoms with Crippen LogP contribution in [-0.4, -0.2) is 47.7 Å². The minimum atomic E-state index is 0.397. The van der Waals surface area contributed by atoms with E-state index in [4.69, 9.17) is 19.7 Å². The molecule has 0 bridgehead atoms. The minimum absolute atomic E-state index is 0.397. The first-order chi connectivity index (χ1) is 17.6. The Kier molecular flexibility index (Phi) is 6.46. The predicted molar refractivity (Wildman–Crippen MR) is 147 cm³/mol. The third-order valence-corrected chi connectivity index (χ3v) is 8.07. The summed E-state index contributed by atoms with van der Waals surface area (Å²) in [5, 5.41) is 11.7. The Labute approximate surface area is 216 Å². The summed E-state index contributed by atoms with van der Waals surface area (Å²) in [6.07, 6.45) is 5.46. The van der Waals surface area contributed by atoms with Gasteiger partial charge < -0.3 is 20.3 Å². The summed E-state index contributed by atoms with van der Waals surface area (Å²) in [7, 11) is 4.06. The molecule has 186 valence electrons. The lowest BCUT2D eigenvalue weighted by Crippen LogP contribution is -2.37. The van der Waals surface area contributed by atoms with E-state index in [-0.39, 0.29) is 0 Å². The Morgan fingerprint density at radius 2 is 1.83 bits per heavy atom. The molecule has 2 aromatic heterocycles. The minimum Gasteiger partial charge on any atom is -0.493 e. The fraction of sp³-hybridized carbons (Fsp3) is 0.393. The number of nitrogens with zero attached hydrogens (tertiary/aromatic N) is 4. The molecule has 0 atom stereocenters. The van der Waals surface area contributed by atoms with E-state index in [1.54, 1.807) is 11.3 Å². The van der Waals surface area contributed by atoms with Gasteiger partial charge in [0.15, 0.2) is 0 Å². The van der Waals surface area contributed by atoms with Crippen LogP contribution >= 0.6 is 11.3 Å². The number of hydrogen-bond acceptors (Lipinski definition) is 8. The monoisotopic (exact) mass is 500 g/mol. The average Bonchev–Trinajstić information content (AvgIpc) is 3.57. The summed E-state index contributed by atoms with van der Waals surface area (Å²) in [6, 6.07) is 15.5. The molecule has 6 rings (SSSR count). The Morgan fingerprint density at radius 1 is 1.00 bits per heavy atom. The van der Waals surface area contributed by atoms with Crippen molar-refractivity contribution in [1.82, 2.24) is 20.3 Å². The van der Waals surface area contributed by atoms with Crippen LogP contribution in [0.5, 0.6) is 5.75 Å². The second-order valence-corrected chi connectivity index (χ2v) is 10.8. The highest BCUT2D eigenvalue weighted by Crippen LogP contribution is 2.32. The third-order valence-electron chi connectivity index (χ3n) is 7.13. The lowest BCUT2D eigenvalue weighted by molar-refractivity contribution is 0.351. The number of para-hydroxylation sites is 1. The molecule has 2 N–H and O–H groups in total. The van der Waals surface area contributed by atoms with E-state index >= 15 is 0 Å². The topological polar surface area (TPSA) is 75.2 Å². The Hall–Kier alpha value is -3.23. The average molecular weight is 501 g/mol. The Morgan fingerprint density at radius 3 is 2.69 bits per heavy atom. The van der Waals surface area contributed by atoms with Crippen LogP contribution in [-0.2, 0) is 13.0 Å². The molecule has 2 aromatic carbocycles. The third kappa shape index (κ3) is 4.88. The smallest absolute Gasteiger partial charge is 0.225 e. The first kappa shape index (κ1) is 23.2. The van der Waals surface area contributed by atoms with Crippen LogP contribution in [0.15, 0.2) is 47.8 Å². The van der Waals surface area contributed by atoms with Gasteiger partial charge in [-0.2, -0.15) is 4.98 Å². The van der Waals surface area contributed by atoms with Crippen LogP contribution in [0.3, 0.4) is 0 Å². The van der Waals surface area contributed by atoms with E-state index in [0.717, 1.165) is 84.4 Å². The van der Waals surface area contributed by atoms with Crippen LogP contribution in [0.1, 0.15) is 36.9 Å². The number of hydrogen-bond donors (Lipinski definition) is 2. The molecular formula is C28H32N6OS. The van der Waals surface area contributed by atoms with Crippen molar-refractivity contribution in [2.45, 2.75) is 50.7 Å². The maximum absolute atomic E-state index is 5.63. The molecular weight excluding hydrogens is 468 g/mol. The molecule has 0 unspecified atom stereocenters. The van der Waals surface area contributed by atoms with E-state index < -0.39 is 0 Å². The van der Waals surface area contributed by atoms with Crippen molar-refractivity contribution in [3.8, 4) is 16.3 Å². The van der Waals surface area contributed by atoms with Crippen molar-refractivity contribution in [1.29, 1.82) is 0 Å². The van der Waals surface area contributed by atoms with E-state index in [1.807, 2.05) is 26.2 Å². The molecule has 0 spiro atoms. The summed E-state index contributed by atoms with van der Waals surface area (Å²) >= 11 is 1.72. The van der Waals surface area contributed by atoms with Crippen LogP contribution < -0.4 is 20.3 Å². The van der Waals surface area contributed by atoms with Gasteiger partial charge in [-0.3, -0.25) is 0 Å². The van der Waals surface area contributed by atoms with Gasteiger partial charge in [-0.25, -0.2) is 9.97 Å². The van der Waals surface area contributed by atoms with Crippen molar-refractivity contribution >= 4 is 34.0 Å². The fourth-order valence-corrected chi connectivity index (χ4v) is 6.00. The molecule has 0 saturated heterocycles. The van der Waals surface area contributed by atoms with Gasteiger partial charge in [0.25, 0.3) is 0 Å². The van der Waals surface area contributed by atoms with Crippen molar-refractivity contribution < 1.29 is 4.74 Å². The number of ether oxygens (including phenoxy) is 1. The molecule has 4 aromatic rings. The summed E-state index contributed by atoms with van der Waals surface area (Å²) in [5.74, 6) is 2.70. The highest BCUT2D eigenvalue weighted by atomic mass is 32.1. The van der Waals surface area contributed by atoms with Crippen LogP contribution in [0.2, 0.25) is 0 Å². The molecule has 1 saturated carbocycles. The first-order valence-electron chi connectivity index (χ1n) is 12.8. The van der Waals surface area contributed by atoms with Crippen molar-refractivity contribution in [2.24, 2.45) is 0 Å². The zero-order valence-electron chi connectivity index (χ0n) is 20.8. The normalized spacial score (nSPS) is 19.2. The number of aromatic nitrogens is 3. The van der Waals surface area contributed by atoms with Crippen molar-refractivity contribution in [2.75, 3.05) is 30.9 Å². The molecule has 1 fully saturated rings. The highest BCUT2D eigenvalue weighted by Gasteiger charge is 2.22. The summed E-state index contributed by atoms with van der Waals surface area (Å²) in [6.45, 7) is 1.60. The molecule has 1 aliphatic carbocycles. The SMILES string of the molecule is CN(C)c1nc(NC2CCC(NCc3csc(-c4ccc5c(c4)CCO5)n3)CC2)nc2ccccc12. The largest absolute Gasteiger partial charge is 0.493 e. The molecule has 1 aliphatic heterocycles. The second kappa shape index (κ2) is 10.0. The standard InChI is InChI=1S/C28H32N6OS/c1-34(2)26-23-5-3-4-6-24(23)32-28(33-26)31-21-10-8-20(9-11-21)29-16-22-17-36-27(30-22)19-7-12-25-18(15-19)13-14-35-25/h3-7,12,15,17,20-21,29H,8-11,13-14,16H2,1-2H3,(H,31,32,33). The van der Waals surface area contributed by atoms with E-state index in [1.165, 1.54) is 11.1 Å². The molecule has 8 heteroatoms. The number of rotatable bonds is 7. The maximum Gasteiger partial charge on any atom is 0.225 e. The number of anilines is 2. The van der Waals surface area contributed by atoms with Crippen LogP contribution in [0, 0.1) is 0 Å². The maximum atomic E-state index is 5.63.